The summed E-state index contributed by atoms with van der Waals surface area (Å²) in [5.74, 6) is 1.34. The number of nitrogens with zero attached hydrogens (tertiary/aromatic N) is 6. The lowest BCUT2D eigenvalue weighted by atomic mass is 9.91. The Morgan fingerprint density at radius 1 is 1.09 bits per heavy atom. The standard InChI is InChI=1S/C15H24N6O/c1-14(2,3)7-11-18-12(8-15(4,5)6)21(19-11)13(22)20-10-16-9-17-20/h9-10H,7-8H2,1-6H3. The molecule has 0 unspecified atom stereocenters. The first kappa shape index (κ1) is 16.3. The number of rotatable bonds is 2. The van der Waals surface area contributed by atoms with Crippen molar-refractivity contribution in [3.63, 3.8) is 0 Å². The number of carbonyl (C=O) groups excluding carboxylic acids is 1. The second-order valence-electron chi connectivity index (χ2n) is 7.95. The van der Waals surface area contributed by atoms with Gasteiger partial charge in [0.2, 0.25) is 0 Å². The van der Waals surface area contributed by atoms with E-state index in [4.69, 9.17) is 0 Å². The lowest BCUT2D eigenvalue weighted by Gasteiger charge is -2.17. The fourth-order valence-corrected chi connectivity index (χ4v) is 2.09. The number of hydrogen-bond donors (Lipinski definition) is 0. The van der Waals surface area contributed by atoms with E-state index >= 15 is 0 Å². The minimum Gasteiger partial charge on any atom is -0.243 e. The SMILES string of the molecule is CC(C)(C)Cc1nc(CC(C)(C)C)n(C(=O)n2cncn2)n1. The van der Waals surface area contributed by atoms with Crippen molar-refractivity contribution in [3.05, 3.63) is 24.3 Å². The van der Waals surface area contributed by atoms with Gasteiger partial charge in [-0.05, 0) is 10.8 Å². The van der Waals surface area contributed by atoms with Crippen LogP contribution in [0.5, 0.6) is 0 Å². The van der Waals surface area contributed by atoms with Crippen LogP contribution < -0.4 is 0 Å². The van der Waals surface area contributed by atoms with Crippen molar-refractivity contribution in [2.75, 3.05) is 0 Å². The molecule has 0 aromatic carbocycles. The molecule has 120 valence electrons. The molecule has 7 nitrogen and oxygen atoms in total. The Morgan fingerprint density at radius 2 is 1.73 bits per heavy atom. The van der Waals surface area contributed by atoms with E-state index in [9.17, 15) is 4.79 Å². The summed E-state index contributed by atoms with van der Waals surface area (Å²) < 4.78 is 2.52. The molecule has 0 saturated heterocycles. The average molecular weight is 304 g/mol. The van der Waals surface area contributed by atoms with Crippen LogP contribution in [0.15, 0.2) is 12.7 Å². The first-order valence-corrected chi connectivity index (χ1v) is 7.39. The van der Waals surface area contributed by atoms with Crippen LogP contribution in [0.25, 0.3) is 0 Å². The van der Waals surface area contributed by atoms with Crippen molar-refractivity contribution in [1.29, 1.82) is 0 Å². The number of aromatic nitrogens is 6. The molecule has 0 radical (unpaired) electrons. The smallest absolute Gasteiger partial charge is 0.243 e. The fourth-order valence-electron chi connectivity index (χ4n) is 2.09. The normalized spacial score (nSPS) is 12.6. The van der Waals surface area contributed by atoms with Crippen LogP contribution in [0, 0.1) is 10.8 Å². The molecule has 2 rings (SSSR count). The summed E-state index contributed by atoms with van der Waals surface area (Å²) in [4.78, 5) is 20.9. The van der Waals surface area contributed by atoms with Crippen LogP contribution in [0.1, 0.15) is 53.2 Å². The minimum atomic E-state index is -0.357. The highest BCUT2D eigenvalue weighted by molar-refractivity contribution is 5.77. The first-order valence-electron chi connectivity index (χ1n) is 7.39. The quantitative estimate of drug-likeness (QED) is 0.852. The summed E-state index contributed by atoms with van der Waals surface area (Å²) >= 11 is 0. The van der Waals surface area contributed by atoms with E-state index in [1.54, 1.807) is 0 Å². The topological polar surface area (TPSA) is 78.5 Å². The van der Waals surface area contributed by atoms with Crippen molar-refractivity contribution < 1.29 is 4.79 Å². The van der Waals surface area contributed by atoms with Gasteiger partial charge in [-0.25, -0.2) is 14.8 Å². The van der Waals surface area contributed by atoms with Gasteiger partial charge < -0.3 is 0 Å². The van der Waals surface area contributed by atoms with E-state index in [0.717, 1.165) is 0 Å². The first-order chi connectivity index (χ1) is 10.1. The van der Waals surface area contributed by atoms with E-state index in [0.29, 0.717) is 24.5 Å². The second kappa shape index (κ2) is 5.62. The Bertz CT molecular complexity index is 643. The van der Waals surface area contributed by atoms with Gasteiger partial charge in [0, 0.05) is 12.8 Å². The maximum atomic E-state index is 12.5. The van der Waals surface area contributed by atoms with E-state index in [2.05, 4.69) is 61.7 Å². The van der Waals surface area contributed by atoms with Crippen molar-refractivity contribution in [3.8, 4) is 0 Å². The maximum Gasteiger partial charge on any atom is 0.372 e. The monoisotopic (exact) mass is 304 g/mol. The molecule has 2 aromatic heterocycles. The summed E-state index contributed by atoms with van der Waals surface area (Å²) in [6.07, 6.45) is 4.06. The zero-order chi connectivity index (χ0) is 16.5. The van der Waals surface area contributed by atoms with Crippen LogP contribution in [0.2, 0.25) is 0 Å². The lowest BCUT2D eigenvalue weighted by molar-refractivity contribution is 0.236. The highest BCUT2D eigenvalue weighted by Gasteiger charge is 2.24. The van der Waals surface area contributed by atoms with Gasteiger partial charge in [0.1, 0.15) is 18.5 Å². The van der Waals surface area contributed by atoms with Gasteiger partial charge in [-0.1, -0.05) is 41.5 Å². The second-order valence-corrected chi connectivity index (χ2v) is 7.95. The van der Waals surface area contributed by atoms with Gasteiger partial charge in [0.25, 0.3) is 0 Å². The third-order valence-electron chi connectivity index (χ3n) is 2.89. The molecular formula is C15H24N6O. The fraction of sp³-hybridized carbons (Fsp3) is 0.667. The minimum absolute atomic E-state index is 0.00638. The highest BCUT2D eigenvalue weighted by atomic mass is 16.2. The summed E-state index contributed by atoms with van der Waals surface area (Å²) in [5, 5.41) is 8.28. The van der Waals surface area contributed by atoms with Gasteiger partial charge in [-0.2, -0.15) is 14.5 Å². The molecule has 0 bridgehead atoms. The highest BCUT2D eigenvalue weighted by Crippen LogP contribution is 2.22. The van der Waals surface area contributed by atoms with Crippen LogP contribution in [0.3, 0.4) is 0 Å². The van der Waals surface area contributed by atoms with Gasteiger partial charge in [0.15, 0.2) is 5.82 Å². The molecule has 2 aromatic rings. The summed E-state index contributed by atoms with van der Waals surface area (Å²) in [6.45, 7) is 12.7. The zero-order valence-electron chi connectivity index (χ0n) is 14.2. The zero-order valence-corrected chi connectivity index (χ0v) is 14.2. The van der Waals surface area contributed by atoms with E-state index in [-0.39, 0.29) is 16.9 Å². The predicted molar refractivity (Wildman–Crippen MR) is 82.6 cm³/mol. The van der Waals surface area contributed by atoms with Crippen molar-refractivity contribution in [2.45, 2.75) is 54.4 Å². The average Bonchev–Trinajstić information content (AvgIpc) is 2.93. The Hall–Kier alpha value is -2.05. The molecule has 2 heterocycles. The Labute approximate surface area is 130 Å². The summed E-state index contributed by atoms with van der Waals surface area (Å²) in [6, 6.07) is -0.357. The van der Waals surface area contributed by atoms with Crippen LogP contribution in [0.4, 0.5) is 4.79 Å². The van der Waals surface area contributed by atoms with Crippen LogP contribution in [-0.4, -0.2) is 35.6 Å². The maximum absolute atomic E-state index is 12.5. The molecule has 0 fully saturated rings. The third kappa shape index (κ3) is 4.22. The van der Waals surface area contributed by atoms with Crippen molar-refractivity contribution >= 4 is 6.03 Å². The largest absolute Gasteiger partial charge is 0.372 e. The van der Waals surface area contributed by atoms with E-state index < -0.39 is 0 Å². The van der Waals surface area contributed by atoms with Gasteiger partial charge in [-0.3, -0.25) is 0 Å². The number of carbonyl (C=O) groups is 1. The van der Waals surface area contributed by atoms with Gasteiger partial charge in [0.05, 0.1) is 0 Å². The van der Waals surface area contributed by atoms with Gasteiger partial charge >= 0.3 is 6.03 Å². The van der Waals surface area contributed by atoms with E-state index in [1.807, 2.05) is 0 Å². The molecule has 0 saturated carbocycles. The van der Waals surface area contributed by atoms with Crippen molar-refractivity contribution in [1.82, 2.24) is 29.5 Å². The third-order valence-corrected chi connectivity index (χ3v) is 2.89. The summed E-state index contributed by atoms with van der Waals surface area (Å²) in [5.41, 5.74) is 0.0634. The lowest BCUT2D eigenvalue weighted by Crippen LogP contribution is -2.25. The Kier molecular flexibility index (Phi) is 4.17. The molecule has 7 heteroatoms. The molecular weight excluding hydrogens is 280 g/mol. The van der Waals surface area contributed by atoms with Crippen molar-refractivity contribution in [2.24, 2.45) is 10.8 Å². The molecule has 22 heavy (non-hydrogen) atoms. The number of hydrogen-bond acceptors (Lipinski definition) is 5. The molecule has 0 N–H and O–H groups in total. The van der Waals surface area contributed by atoms with Crippen LogP contribution >= 0.6 is 0 Å². The summed E-state index contributed by atoms with van der Waals surface area (Å²) in [7, 11) is 0. The van der Waals surface area contributed by atoms with Gasteiger partial charge in [-0.15, -0.1) is 5.10 Å². The van der Waals surface area contributed by atoms with E-state index in [1.165, 1.54) is 22.0 Å². The molecule has 0 amide bonds. The molecule has 0 aliphatic carbocycles. The predicted octanol–water partition coefficient (Wildman–Crippen LogP) is 2.56. The molecule has 0 aliphatic heterocycles. The Balaban J connectivity index is 2.39. The molecule has 0 atom stereocenters. The molecule has 0 aliphatic rings. The Morgan fingerprint density at radius 3 is 2.23 bits per heavy atom. The van der Waals surface area contributed by atoms with Crippen LogP contribution in [-0.2, 0) is 12.8 Å². The molecule has 0 spiro atoms.